The van der Waals surface area contributed by atoms with Crippen molar-refractivity contribution in [1.29, 1.82) is 0 Å². The van der Waals surface area contributed by atoms with Crippen LogP contribution in [-0.4, -0.2) is 32.8 Å². The molecule has 0 spiro atoms. The Bertz CT molecular complexity index is 958. The molecule has 1 aliphatic rings. The number of hydrogen-bond acceptors (Lipinski definition) is 6. The summed E-state index contributed by atoms with van der Waals surface area (Å²) in [6.07, 6.45) is -0.224. The second-order valence-electron chi connectivity index (χ2n) is 7.65. The van der Waals surface area contributed by atoms with Crippen molar-refractivity contribution < 1.29 is 28.6 Å². The standard InChI is InChI=1S/C20H22FN3O5/c1-11-17-15(8-13(25)9-22-17)28-19(27)24(11)10-12-6-5-7-14(16(12)21)23-18(26)29-20(2,3)4/h5-9,11,25H,10H2,1-4H3,(H,23,26). The van der Waals surface area contributed by atoms with E-state index in [1.54, 1.807) is 33.8 Å². The molecule has 0 fully saturated rings. The van der Waals surface area contributed by atoms with Gasteiger partial charge in [-0.2, -0.15) is 0 Å². The van der Waals surface area contributed by atoms with Crippen LogP contribution in [0.4, 0.5) is 19.7 Å². The first-order valence-electron chi connectivity index (χ1n) is 9.00. The quantitative estimate of drug-likeness (QED) is 0.790. The summed E-state index contributed by atoms with van der Waals surface area (Å²) < 4.78 is 25.3. The molecular weight excluding hydrogens is 381 g/mol. The largest absolute Gasteiger partial charge is 0.506 e. The molecule has 1 aliphatic heterocycles. The second kappa shape index (κ2) is 7.57. The van der Waals surface area contributed by atoms with Gasteiger partial charge in [-0.05, 0) is 33.8 Å². The fourth-order valence-electron chi connectivity index (χ4n) is 2.90. The number of fused-ring (bicyclic) bond motifs is 1. The average molecular weight is 403 g/mol. The third kappa shape index (κ3) is 4.56. The van der Waals surface area contributed by atoms with E-state index in [9.17, 15) is 19.1 Å². The minimum Gasteiger partial charge on any atom is -0.506 e. The van der Waals surface area contributed by atoms with Crippen LogP contribution in [0.2, 0.25) is 0 Å². The van der Waals surface area contributed by atoms with Gasteiger partial charge in [0.2, 0.25) is 0 Å². The van der Waals surface area contributed by atoms with Gasteiger partial charge in [-0.15, -0.1) is 0 Å². The van der Waals surface area contributed by atoms with Crippen molar-refractivity contribution in [2.24, 2.45) is 0 Å². The van der Waals surface area contributed by atoms with Crippen molar-refractivity contribution in [1.82, 2.24) is 9.88 Å². The number of nitrogens with one attached hydrogen (secondary N) is 1. The molecule has 0 aliphatic carbocycles. The van der Waals surface area contributed by atoms with Crippen molar-refractivity contribution in [3.8, 4) is 11.5 Å². The molecule has 2 N–H and O–H groups in total. The highest BCUT2D eigenvalue weighted by molar-refractivity contribution is 5.85. The maximum Gasteiger partial charge on any atom is 0.416 e. The molecule has 0 saturated carbocycles. The van der Waals surface area contributed by atoms with E-state index in [0.29, 0.717) is 5.69 Å². The number of carbonyl (C=O) groups excluding carboxylic acids is 2. The van der Waals surface area contributed by atoms with Crippen LogP contribution in [0.5, 0.6) is 11.5 Å². The van der Waals surface area contributed by atoms with Gasteiger partial charge in [-0.1, -0.05) is 12.1 Å². The zero-order valence-electron chi connectivity index (χ0n) is 16.5. The van der Waals surface area contributed by atoms with Gasteiger partial charge in [0.1, 0.15) is 17.0 Å². The normalized spacial score (nSPS) is 16.1. The number of benzene rings is 1. The van der Waals surface area contributed by atoms with Gasteiger partial charge in [-0.25, -0.2) is 14.0 Å². The maximum absolute atomic E-state index is 14.9. The Morgan fingerprint density at radius 1 is 1.41 bits per heavy atom. The van der Waals surface area contributed by atoms with Crippen LogP contribution < -0.4 is 10.1 Å². The number of carbonyl (C=O) groups is 2. The molecule has 9 heteroatoms. The topological polar surface area (TPSA) is 101 Å². The van der Waals surface area contributed by atoms with E-state index < -0.39 is 29.6 Å². The maximum atomic E-state index is 14.9. The van der Waals surface area contributed by atoms with E-state index in [1.165, 1.54) is 29.3 Å². The molecule has 2 heterocycles. The number of halogens is 1. The lowest BCUT2D eigenvalue weighted by Crippen LogP contribution is -2.39. The zero-order chi connectivity index (χ0) is 21.3. The molecule has 1 unspecified atom stereocenters. The summed E-state index contributed by atoms with van der Waals surface area (Å²) in [6, 6.07) is 5.28. The Morgan fingerprint density at radius 3 is 2.83 bits per heavy atom. The van der Waals surface area contributed by atoms with Gasteiger partial charge in [0.25, 0.3) is 0 Å². The number of pyridine rings is 1. The summed E-state index contributed by atoms with van der Waals surface area (Å²) in [5, 5.41) is 11.9. The Labute approximate surface area is 167 Å². The van der Waals surface area contributed by atoms with Crippen molar-refractivity contribution in [3.63, 3.8) is 0 Å². The Morgan fingerprint density at radius 2 is 2.14 bits per heavy atom. The molecule has 2 amide bonds. The van der Waals surface area contributed by atoms with E-state index in [0.717, 1.165) is 0 Å². The lowest BCUT2D eigenvalue weighted by Gasteiger charge is -2.33. The number of rotatable bonds is 3. The van der Waals surface area contributed by atoms with Gasteiger partial charge in [0.05, 0.1) is 24.5 Å². The molecule has 0 radical (unpaired) electrons. The summed E-state index contributed by atoms with van der Waals surface area (Å²) in [7, 11) is 0. The van der Waals surface area contributed by atoms with Gasteiger partial charge in [0, 0.05) is 11.6 Å². The molecular formula is C20H22FN3O5. The third-order valence-corrected chi connectivity index (χ3v) is 4.22. The molecule has 3 rings (SSSR count). The molecule has 1 aromatic carbocycles. The van der Waals surface area contributed by atoms with Crippen molar-refractivity contribution >= 4 is 17.9 Å². The van der Waals surface area contributed by atoms with E-state index >= 15 is 0 Å². The van der Waals surface area contributed by atoms with E-state index in [-0.39, 0.29) is 29.3 Å². The molecule has 0 bridgehead atoms. The van der Waals surface area contributed by atoms with Crippen LogP contribution in [0, 0.1) is 5.82 Å². The lowest BCUT2D eigenvalue weighted by molar-refractivity contribution is 0.0635. The Balaban J connectivity index is 1.81. The first-order valence-corrected chi connectivity index (χ1v) is 9.00. The van der Waals surface area contributed by atoms with Gasteiger partial charge >= 0.3 is 12.2 Å². The van der Waals surface area contributed by atoms with E-state index in [4.69, 9.17) is 9.47 Å². The van der Waals surface area contributed by atoms with Crippen LogP contribution in [-0.2, 0) is 11.3 Å². The number of ether oxygens (including phenoxy) is 2. The highest BCUT2D eigenvalue weighted by Gasteiger charge is 2.33. The smallest absolute Gasteiger partial charge is 0.416 e. The van der Waals surface area contributed by atoms with Gasteiger partial charge in [-0.3, -0.25) is 15.2 Å². The zero-order valence-corrected chi connectivity index (χ0v) is 16.5. The van der Waals surface area contributed by atoms with Crippen molar-refractivity contribution in [2.75, 3.05) is 5.32 Å². The van der Waals surface area contributed by atoms with Crippen LogP contribution in [0.1, 0.15) is 45.0 Å². The number of amides is 2. The van der Waals surface area contributed by atoms with Crippen LogP contribution in [0.15, 0.2) is 30.5 Å². The molecule has 154 valence electrons. The number of anilines is 1. The third-order valence-electron chi connectivity index (χ3n) is 4.22. The average Bonchev–Trinajstić information content (AvgIpc) is 2.59. The SMILES string of the molecule is CC1c2ncc(O)cc2OC(=O)N1Cc1cccc(NC(=O)OC(C)(C)C)c1F. The Kier molecular flexibility index (Phi) is 5.32. The van der Waals surface area contributed by atoms with E-state index in [1.807, 2.05) is 0 Å². The highest BCUT2D eigenvalue weighted by Crippen LogP contribution is 2.36. The predicted molar refractivity (Wildman–Crippen MR) is 102 cm³/mol. The minimum atomic E-state index is -0.780. The molecule has 1 atom stereocenters. The summed E-state index contributed by atoms with van der Waals surface area (Å²) in [5.41, 5.74) is -0.145. The van der Waals surface area contributed by atoms with Crippen molar-refractivity contribution in [3.05, 3.63) is 47.5 Å². The van der Waals surface area contributed by atoms with Crippen LogP contribution in [0.3, 0.4) is 0 Å². The summed E-state index contributed by atoms with van der Waals surface area (Å²) in [4.78, 5) is 29.7. The number of nitrogens with zero attached hydrogens (tertiary/aromatic N) is 2. The monoisotopic (exact) mass is 403 g/mol. The predicted octanol–water partition coefficient (Wildman–Crippen LogP) is 4.35. The summed E-state index contributed by atoms with van der Waals surface area (Å²) >= 11 is 0. The fraction of sp³-hybridized carbons (Fsp3) is 0.350. The van der Waals surface area contributed by atoms with Gasteiger partial charge in [0.15, 0.2) is 11.6 Å². The molecule has 2 aromatic rings. The number of aromatic hydroxyl groups is 1. The van der Waals surface area contributed by atoms with Crippen LogP contribution >= 0.6 is 0 Å². The first-order chi connectivity index (χ1) is 13.5. The molecule has 1 aromatic heterocycles. The number of hydrogen-bond donors (Lipinski definition) is 2. The highest BCUT2D eigenvalue weighted by atomic mass is 19.1. The summed E-state index contributed by atoms with van der Waals surface area (Å²) in [6.45, 7) is 6.73. The van der Waals surface area contributed by atoms with Crippen LogP contribution in [0.25, 0.3) is 0 Å². The first kappa shape index (κ1) is 20.4. The van der Waals surface area contributed by atoms with E-state index in [2.05, 4.69) is 10.3 Å². The fourth-order valence-corrected chi connectivity index (χ4v) is 2.90. The minimum absolute atomic E-state index is 0.0572. The molecule has 8 nitrogen and oxygen atoms in total. The van der Waals surface area contributed by atoms with Crippen molar-refractivity contribution in [2.45, 2.75) is 45.9 Å². The number of aromatic nitrogens is 1. The van der Waals surface area contributed by atoms with Gasteiger partial charge < -0.3 is 14.6 Å². The lowest BCUT2D eigenvalue weighted by atomic mass is 10.1. The summed E-state index contributed by atoms with van der Waals surface area (Å²) in [5.74, 6) is -0.633. The molecule has 0 saturated heterocycles. The molecule has 29 heavy (non-hydrogen) atoms. The second-order valence-corrected chi connectivity index (χ2v) is 7.65. The Hall–Kier alpha value is -3.36.